The summed E-state index contributed by atoms with van der Waals surface area (Å²) in [5.41, 5.74) is 0.255. The Morgan fingerprint density at radius 2 is 2.24 bits per heavy atom. The fourth-order valence-electron chi connectivity index (χ4n) is 2.09. The van der Waals surface area contributed by atoms with Crippen LogP contribution in [0.25, 0.3) is 0 Å². The topological polar surface area (TPSA) is 88.2 Å². The Bertz CT molecular complexity index is 539. The minimum absolute atomic E-state index is 0.0593. The number of hydrogen-bond acceptors (Lipinski definition) is 5. The number of nitrogens with one attached hydrogen (secondary N) is 1. The summed E-state index contributed by atoms with van der Waals surface area (Å²) in [6.45, 7) is 6.83. The lowest BCUT2D eigenvalue weighted by atomic mass is 9.98. The summed E-state index contributed by atoms with van der Waals surface area (Å²) in [5.74, 6) is 0.641. The number of rotatable bonds is 8. The fourth-order valence-corrected chi connectivity index (χ4v) is 2.09. The highest BCUT2D eigenvalue weighted by molar-refractivity contribution is 5.42. The van der Waals surface area contributed by atoms with Gasteiger partial charge in [0.25, 0.3) is 5.69 Å². The number of non-ortho nitro benzene ring substituents is 1. The molecule has 0 aliphatic rings. The van der Waals surface area contributed by atoms with Crippen LogP contribution in [-0.4, -0.2) is 23.6 Å². The molecule has 0 saturated heterocycles. The highest BCUT2D eigenvalue weighted by Gasteiger charge is 2.21. The van der Waals surface area contributed by atoms with Gasteiger partial charge in [0.05, 0.1) is 17.6 Å². The van der Waals surface area contributed by atoms with Crippen LogP contribution in [0, 0.1) is 28.4 Å². The van der Waals surface area contributed by atoms with Gasteiger partial charge in [-0.2, -0.15) is 5.26 Å². The molecule has 114 valence electrons. The van der Waals surface area contributed by atoms with Crippen LogP contribution < -0.4 is 10.1 Å². The van der Waals surface area contributed by atoms with Crippen LogP contribution in [0.2, 0.25) is 0 Å². The highest BCUT2D eigenvalue weighted by Crippen LogP contribution is 2.23. The van der Waals surface area contributed by atoms with Crippen molar-refractivity contribution in [3.8, 4) is 11.8 Å². The smallest absolute Gasteiger partial charge is 0.269 e. The van der Waals surface area contributed by atoms with Crippen molar-refractivity contribution in [1.82, 2.24) is 5.32 Å². The van der Waals surface area contributed by atoms with Gasteiger partial charge in [-0.3, -0.25) is 15.4 Å². The van der Waals surface area contributed by atoms with Crippen molar-refractivity contribution in [3.05, 3.63) is 33.9 Å². The molecular formula is C15H21N3O3. The molecular weight excluding hydrogens is 270 g/mol. The molecule has 0 radical (unpaired) electrons. The second-order valence-electron chi connectivity index (χ2n) is 5.13. The molecule has 0 fully saturated rings. The summed E-state index contributed by atoms with van der Waals surface area (Å²) < 4.78 is 5.63. The van der Waals surface area contributed by atoms with Gasteiger partial charge in [0.2, 0.25) is 0 Å². The standard InChI is InChI=1S/C15H21N3O3/c1-4-17-15(3,11-16)8-5-9-21-14-7-6-13(18(19)20)10-12(14)2/h6-7,10,17H,4-5,8-9H2,1-3H3. The molecule has 6 heteroatoms. The molecule has 0 saturated carbocycles. The van der Waals surface area contributed by atoms with Crippen molar-refractivity contribution >= 4 is 5.69 Å². The van der Waals surface area contributed by atoms with Crippen molar-refractivity contribution in [2.45, 2.75) is 39.2 Å². The van der Waals surface area contributed by atoms with Gasteiger partial charge in [-0.25, -0.2) is 0 Å². The summed E-state index contributed by atoms with van der Waals surface area (Å²) in [6, 6.07) is 6.80. The lowest BCUT2D eigenvalue weighted by Crippen LogP contribution is -2.40. The maximum absolute atomic E-state index is 10.7. The van der Waals surface area contributed by atoms with E-state index < -0.39 is 10.5 Å². The zero-order valence-corrected chi connectivity index (χ0v) is 12.7. The number of aryl methyl sites for hydroxylation is 1. The Balaban J connectivity index is 2.50. The van der Waals surface area contributed by atoms with Gasteiger partial charge in [-0.1, -0.05) is 6.92 Å². The van der Waals surface area contributed by atoms with E-state index in [9.17, 15) is 10.1 Å². The summed E-state index contributed by atoms with van der Waals surface area (Å²) in [7, 11) is 0. The van der Waals surface area contributed by atoms with Crippen molar-refractivity contribution in [1.29, 1.82) is 5.26 Å². The van der Waals surface area contributed by atoms with Crippen LogP contribution in [0.15, 0.2) is 18.2 Å². The molecule has 1 aromatic carbocycles. The van der Waals surface area contributed by atoms with Gasteiger partial charge in [-0.15, -0.1) is 0 Å². The van der Waals surface area contributed by atoms with Crippen LogP contribution >= 0.6 is 0 Å². The first-order chi connectivity index (χ1) is 9.91. The van der Waals surface area contributed by atoms with Crippen LogP contribution in [0.4, 0.5) is 5.69 Å². The van der Waals surface area contributed by atoms with E-state index in [1.54, 1.807) is 13.0 Å². The zero-order chi connectivity index (χ0) is 15.9. The van der Waals surface area contributed by atoms with Gasteiger partial charge in [0.1, 0.15) is 11.3 Å². The average Bonchev–Trinajstić information content (AvgIpc) is 2.45. The number of nitro benzene ring substituents is 1. The molecule has 0 aliphatic carbocycles. The minimum atomic E-state index is -0.539. The normalized spacial score (nSPS) is 13.2. The van der Waals surface area contributed by atoms with Gasteiger partial charge < -0.3 is 4.74 Å². The second-order valence-corrected chi connectivity index (χ2v) is 5.13. The molecule has 0 amide bonds. The van der Waals surface area contributed by atoms with Crippen LogP contribution in [0.1, 0.15) is 32.3 Å². The van der Waals surface area contributed by atoms with Crippen LogP contribution in [0.5, 0.6) is 5.75 Å². The predicted octanol–water partition coefficient (Wildman–Crippen LogP) is 2.95. The molecule has 1 aromatic rings. The first-order valence-corrected chi connectivity index (χ1v) is 6.96. The number of benzene rings is 1. The Morgan fingerprint density at radius 3 is 2.76 bits per heavy atom. The fraction of sp³-hybridized carbons (Fsp3) is 0.533. The first kappa shape index (κ1) is 16.9. The minimum Gasteiger partial charge on any atom is -0.493 e. The second kappa shape index (κ2) is 7.60. The SMILES string of the molecule is CCNC(C)(C#N)CCCOc1ccc([N+](=O)[O-])cc1C. The molecule has 0 heterocycles. The number of nitriles is 1. The summed E-state index contributed by atoms with van der Waals surface area (Å²) in [6.07, 6.45) is 1.41. The quantitative estimate of drug-likeness (QED) is 0.452. The van der Waals surface area contributed by atoms with Gasteiger partial charge in [0.15, 0.2) is 0 Å². The van der Waals surface area contributed by atoms with E-state index in [4.69, 9.17) is 10.00 Å². The van der Waals surface area contributed by atoms with E-state index >= 15 is 0 Å². The third-order valence-electron chi connectivity index (χ3n) is 3.26. The molecule has 0 bridgehead atoms. The molecule has 1 N–H and O–H groups in total. The molecule has 1 unspecified atom stereocenters. The Hall–Kier alpha value is -2.13. The van der Waals surface area contributed by atoms with Crippen LogP contribution in [-0.2, 0) is 0 Å². The molecule has 0 aliphatic heterocycles. The third kappa shape index (κ3) is 5.04. The van der Waals surface area contributed by atoms with E-state index in [-0.39, 0.29) is 5.69 Å². The van der Waals surface area contributed by atoms with E-state index in [0.717, 1.165) is 18.5 Å². The number of nitrogens with zero attached hydrogens (tertiary/aromatic N) is 2. The van der Waals surface area contributed by atoms with Crippen LogP contribution in [0.3, 0.4) is 0 Å². The van der Waals surface area contributed by atoms with Gasteiger partial charge >= 0.3 is 0 Å². The lowest BCUT2D eigenvalue weighted by molar-refractivity contribution is -0.384. The molecule has 1 rings (SSSR count). The summed E-state index contributed by atoms with van der Waals surface area (Å²) in [5, 5.41) is 22.9. The van der Waals surface area contributed by atoms with Crippen molar-refractivity contribution < 1.29 is 9.66 Å². The maximum atomic E-state index is 10.7. The predicted molar refractivity (Wildman–Crippen MR) is 80.3 cm³/mol. The monoisotopic (exact) mass is 291 g/mol. The van der Waals surface area contributed by atoms with E-state index in [2.05, 4.69) is 11.4 Å². The Kier molecular flexibility index (Phi) is 6.12. The van der Waals surface area contributed by atoms with Gasteiger partial charge in [0, 0.05) is 12.1 Å². The lowest BCUT2D eigenvalue weighted by Gasteiger charge is -2.22. The molecule has 1 atom stereocenters. The zero-order valence-electron chi connectivity index (χ0n) is 12.7. The molecule has 0 spiro atoms. The van der Waals surface area contributed by atoms with Crippen molar-refractivity contribution in [3.63, 3.8) is 0 Å². The number of nitro groups is 1. The van der Waals surface area contributed by atoms with E-state index in [1.165, 1.54) is 12.1 Å². The van der Waals surface area contributed by atoms with E-state index in [0.29, 0.717) is 18.8 Å². The van der Waals surface area contributed by atoms with Crippen molar-refractivity contribution in [2.75, 3.05) is 13.2 Å². The Labute approximate surface area is 124 Å². The average molecular weight is 291 g/mol. The van der Waals surface area contributed by atoms with Crippen molar-refractivity contribution in [2.24, 2.45) is 0 Å². The Morgan fingerprint density at radius 1 is 1.52 bits per heavy atom. The maximum Gasteiger partial charge on any atom is 0.269 e. The third-order valence-corrected chi connectivity index (χ3v) is 3.26. The summed E-state index contributed by atoms with van der Waals surface area (Å²) >= 11 is 0. The first-order valence-electron chi connectivity index (χ1n) is 6.96. The largest absolute Gasteiger partial charge is 0.493 e. The highest BCUT2D eigenvalue weighted by atomic mass is 16.6. The number of hydrogen-bond donors (Lipinski definition) is 1. The molecule has 0 aromatic heterocycles. The van der Waals surface area contributed by atoms with Gasteiger partial charge in [-0.05, 0) is 44.9 Å². The molecule has 21 heavy (non-hydrogen) atoms. The molecule has 6 nitrogen and oxygen atoms in total. The summed E-state index contributed by atoms with van der Waals surface area (Å²) in [4.78, 5) is 10.2. The van der Waals surface area contributed by atoms with E-state index in [1.807, 2.05) is 13.8 Å². The number of ether oxygens (including phenoxy) is 1.